The summed E-state index contributed by atoms with van der Waals surface area (Å²) in [7, 11) is -3.41. The molecule has 3 atom stereocenters. The first kappa shape index (κ1) is 20.1. The van der Waals surface area contributed by atoms with Gasteiger partial charge in [-0.3, -0.25) is 9.08 Å². The Hall–Kier alpha value is -2.79. The molecule has 0 radical (unpaired) electrons. The largest absolute Gasteiger partial charge is 0.345 e. The fraction of sp³-hybridized carbons (Fsp3) is 0.500. The van der Waals surface area contributed by atoms with Crippen LogP contribution in [0.5, 0.6) is 0 Å². The van der Waals surface area contributed by atoms with Gasteiger partial charge in [-0.15, -0.1) is 10.2 Å². The molecule has 11 heteroatoms. The number of aromatic nitrogens is 7. The number of fused-ring (bicyclic) bond motifs is 3. The van der Waals surface area contributed by atoms with Crippen LogP contribution in [-0.2, 0) is 16.6 Å². The van der Waals surface area contributed by atoms with Crippen LogP contribution in [0.2, 0.25) is 0 Å². The number of rotatable bonds is 7. The van der Waals surface area contributed by atoms with Crippen LogP contribution in [0.3, 0.4) is 0 Å². The maximum Gasteiger partial charge on any atom is 0.213 e. The Morgan fingerprint density at radius 3 is 2.90 bits per heavy atom. The lowest BCUT2D eigenvalue weighted by Crippen LogP contribution is -2.36. The minimum Gasteiger partial charge on any atom is -0.345 e. The van der Waals surface area contributed by atoms with Gasteiger partial charge in [0.2, 0.25) is 10.0 Å². The standard InChI is InChI=1S/C20H26N8O2S/c1-3-14-8-15(26-31(29,30)7-6-27-12-13(2)10-23-27)9-16(14)20-25-24-18-11-22-19-17(28(18)20)4-5-21-19/h4-5,10-12,14-16,21,26H,3,6-9H2,1-2H3/t14-,15+,16+/m1/s1. The van der Waals surface area contributed by atoms with Gasteiger partial charge in [0.15, 0.2) is 11.3 Å². The Balaban J connectivity index is 1.35. The van der Waals surface area contributed by atoms with Crippen molar-refractivity contribution < 1.29 is 8.42 Å². The molecule has 1 aliphatic carbocycles. The molecule has 0 aromatic carbocycles. The highest BCUT2D eigenvalue weighted by Gasteiger charge is 2.38. The highest BCUT2D eigenvalue weighted by Crippen LogP contribution is 2.41. The molecule has 5 rings (SSSR count). The van der Waals surface area contributed by atoms with E-state index < -0.39 is 10.0 Å². The van der Waals surface area contributed by atoms with Crippen LogP contribution >= 0.6 is 0 Å². The van der Waals surface area contributed by atoms with E-state index in [9.17, 15) is 8.42 Å². The van der Waals surface area contributed by atoms with Gasteiger partial charge >= 0.3 is 0 Å². The Kier molecular flexibility index (Phi) is 5.01. The van der Waals surface area contributed by atoms with E-state index in [0.717, 1.165) is 35.4 Å². The van der Waals surface area contributed by atoms with Crippen molar-refractivity contribution in [1.82, 2.24) is 39.1 Å². The molecule has 0 saturated heterocycles. The maximum atomic E-state index is 12.7. The number of aryl methyl sites for hydroxylation is 2. The van der Waals surface area contributed by atoms with Gasteiger partial charge in [-0.2, -0.15) is 5.10 Å². The minimum absolute atomic E-state index is 0.00951. The quantitative estimate of drug-likeness (QED) is 0.451. The summed E-state index contributed by atoms with van der Waals surface area (Å²) in [5.74, 6) is 1.34. The number of sulfonamides is 1. The van der Waals surface area contributed by atoms with Gasteiger partial charge in [0.25, 0.3) is 0 Å². The molecule has 10 nitrogen and oxygen atoms in total. The first-order valence-corrected chi connectivity index (χ1v) is 12.2. The van der Waals surface area contributed by atoms with Crippen LogP contribution in [0.25, 0.3) is 16.8 Å². The number of hydrogen-bond donors (Lipinski definition) is 2. The van der Waals surface area contributed by atoms with Gasteiger partial charge in [-0.05, 0) is 37.3 Å². The second kappa shape index (κ2) is 7.72. The summed E-state index contributed by atoms with van der Waals surface area (Å²) in [4.78, 5) is 7.51. The maximum absolute atomic E-state index is 12.7. The Morgan fingerprint density at radius 2 is 2.13 bits per heavy atom. The zero-order chi connectivity index (χ0) is 21.6. The van der Waals surface area contributed by atoms with E-state index >= 15 is 0 Å². The molecule has 31 heavy (non-hydrogen) atoms. The second-order valence-electron chi connectivity index (χ2n) is 8.38. The monoisotopic (exact) mass is 442 g/mol. The normalized spacial score (nSPS) is 22.1. The van der Waals surface area contributed by atoms with E-state index in [0.29, 0.717) is 24.5 Å². The van der Waals surface area contributed by atoms with Gasteiger partial charge in [0.05, 0.1) is 30.2 Å². The van der Waals surface area contributed by atoms with Gasteiger partial charge in [-0.25, -0.2) is 18.1 Å². The van der Waals surface area contributed by atoms with E-state index in [4.69, 9.17) is 0 Å². The van der Waals surface area contributed by atoms with Crippen molar-refractivity contribution in [1.29, 1.82) is 0 Å². The molecule has 2 N–H and O–H groups in total. The number of aromatic amines is 1. The SMILES string of the molecule is CC[C@@H]1C[C@H](NS(=O)(=O)CCn2cc(C)cn2)C[C@@H]1c1nnc2cnc3[nH]ccc3n12. The van der Waals surface area contributed by atoms with E-state index in [1.165, 1.54) is 0 Å². The van der Waals surface area contributed by atoms with Crippen molar-refractivity contribution >= 4 is 26.8 Å². The highest BCUT2D eigenvalue weighted by atomic mass is 32.2. The first-order valence-electron chi connectivity index (χ1n) is 10.6. The third-order valence-electron chi connectivity index (χ3n) is 6.22. The zero-order valence-corrected chi connectivity index (χ0v) is 18.4. The van der Waals surface area contributed by atoms with E-state index in [1.807, 2.05) is 29.8 Å². The summed E-state index contributed by atoms with van der Waals surface area (Å²) >= 11 is 0. The fourth-order valence-electron chi connectivity index (χ4n) is 4.74. The molecule has 0 amide bonds. The van der Waals surface area contributed by atoms with Crippen LogP contribution < -0.4 is 4.72 Å². The average Bonchev–Trinajstić information content (AvgIpc) is 3.50. The molecule has 4 aromatic heterocycles. The van der Waals surface area contributed by atoms with Crippen LogP contribution in [0.15, 0.2) is 30.9 Å². The van der Waals surface area contributed by atoms with E-state index in [2.05, 4.69) is 36.9 Å². The van der Waals surface area contributed by atoms with Crippen LogP contribution in [0, 0.1) is 12.8 Å². The molecule has 164 valence electrons. The van der Waals surface area contributed by atoms with Crippen LogP contribution in [0.4, 0.5) is 0 Å². The smallest absolute Gasteiger partial charge is 0.213 e. The summed E-state index contributed by atoms with van der Waals surface area (Å²) in [5.41, 5.74) is 3.44. The molecule has 1 fully saturated rings. The first-order chi connectivity index (χ1) is 14.9. The van der Waals surface area contributed by atoms with Gasteiger partial charge in [-0.1, -0.05) is 13.3 Å². The van der Waals surface area contributed by atoms with Crippen molar-refractivity contribution in [2.75, 3.05) is 5.75 Å². The van der Waals surface area contributed by atoms with Gasteiger partial charge < -0.3 is 4.98 Å². The van der Waals surface area contributed by atoms with Crippen LogP contribution in [0.1, 0.15) is 43.5 Å². The lowest BCUT2D eigenvalue weighted by Gasteiger charge is -2.16. The summed E-state index contributed by atoms with van der Waals surface area (Å²) in [6.07, 6.45) is 9.58. The number of hydrogen-bond acceptors (Lipinski definition) is 6. The topological polar surface area (TPSA) is 123 Å². The van der Waals surface area contributed by atoms with Crippen molar-refractivity contribution in [2.24, 2.45) is 5.92 Å². The molecule has 1 aliphatic rings. The molecular weight excluding hydrogens is 416 g/mol. The summed E-state index contributed by atoms with van der Waals surface area (Å²) < 4.78 is 32.1. The predicted octanol–water partition coefficient (Wildman–Crippen LogP) is 2.00. The lowest BCUT2D eigenvalue weighted by molar-refractivity contribution is 0.449. The molecule has 4 heterocycles. The van der Waals surface area contributed by atoms with Gasteiger partial charge in [0.1, 0.15) is 5.82 Å². The summed E-state index contributed by atoms with van der Waals surface area (Å²) in [5, 5.41) is 13.0. The van der Waals surface area contributed by atoms with E-state index in [-0.39, 0.29) is 17.7 Å². The molecule has 1 saturated carbocycles. The van der Waals surface area contributed by atoms with Gasteiger partial charge in [0, 0.05) is 24.4 Å². The fourth-order valence-corrected chi connectivity index (χ4v) is 5.99. The van der Waals surface area contributed by atoms with Crippen molar-refractivity contribution in [3.8, 4) is 0 Å². The number of nitrogens with zero attached hydrogens (tertiary/aromatic N) is 6. The molecular formula is C20H26N8O2S. The molecule has 0 bridgehead atoms. The highest BCUT2D eigenvalue weighted by molar-refractivity contribution is 7.89. The average molecular weight is 443 g/mol. The minimum atomic E-state index is -3.41. The number of nitrogens with one attached hydrogen (secondary N) is 2. The Labute approximate surface area is 180 Å². The lowest BCUT2D eigenvalue weighted by atomic mass is 9.93. The molecule has 0 spiro atoms. The van der Waals surface area contributed by atoms with Crippen molar-refractivity contribution in [3.63, 3.8) is 0 Å². The third kappa shape index (κ3) is 3.83. The Morgan fingerprint density at radius 1 is 1.26 bits per heavy atom. The number of H-pyrrole nitrogens is 1. The van der Waals surface area contributed by atoms with E-state index in [1.54, 1.807) is 17.1 Å². The third-order valence-corrected chi connectivity index (χ3v) is 7.63. The van der Waals surface area contributed by atoms with Crippen LogP contribution in [-0.4, -0.2) is 54.6 Å². The Bertz CT molecular complexity index is 1320. The molecule has 0 aliphatic heterocycles. The molecule has 4 aromatic rings. The molecule has 0 unspecified atom stereocenters. The predicted molar refractivity (Wildman–Crippen MR) is 116 cm³/mol. The van der Waals surface area contributed by atoms with Crippen molar-refractivity contribution in [3.05, 3.63) is 42.2 Å². The zero-order valence-electron chi connectivity index (χ0n) is 17.6. The second-order valence-corrected chi connectivity index (χ2v) is 10.3. The summed E-state index contributed by atoms with van der Waals surface area (Å²) in [6, 6.07) is 1.85. The van der Waals surface area contributed by atoms with Crippen molar-refractivity contribution in [2.45, 2.75) is 51.6 Å². The summed E-state index contributed by atoms with van der Waals surface area (Å²) in [6.45, 7) is 4.42.